The van der Waals surface area contributed by atoms with E-state index in [-0.39, 0.29) is 18.8 Å². The molecule has 2 atom stereocenters. The molecule has 0 aliphatic heterocycles. The van der Waals surface area contributed by atoms with E-state index >= 15 is 0 Å². The molecule has 1 aliphatic rings. The van der Waals surface area contributed by atoms with Gasteiger partial charge in [-0.15, -0.1) is 0 Å². The standard InChI is InChI=1S/C14H18O6S/c1-7-6-11-12(14(16)9(3)13(11)15)8(2)10(7)4-5-20-21(17,18)19/h6,9,13,15H,4-5H2,1-3H3,(H,17,18,19)/t9-,13+/m1/s1. The van der Waals surface area contributed by atoms with E-state index in [0.29, 0.717) is 11.1 Å². The van der Waals surface area contributed by atoms with Crippen molar-refractivity contribution < 1.29 is 27.1 Å². The summed E-state index contributed by atoms with van der Waals surface area (Å²) < 4.78 is 34.0. The quantitative estimate of drug-likeness (QED) is 0.817. The van der Waals surface area contributed by atoms with Crippen molar-refractivity contribution in [1.82, 2.24) is 0 Å². The average molecular weight is 314 g/mol. The van der Waals surface area contributed by atoms with Crippen molar-refractivity contribution >= 4 is 16.2 Å². The third kappa shape index (κ3) is 3.01. The molecule has 0 spiro atoms. The van der Waals surface area contributed by atoms with E-state index in [9.17, 15) is 18.3 Å². The fraction of sp³-hybridized carbons (Fsp3) is 0.500. The molecule has 0 fully saturated rings. The number of hydrogen-bond acceptors (Lipinski definition) is 5. The van der Waals surface area contributed by atoms with Gasteiger partial charge in [0.1, 0.15) is 0 Å². The van der Waals surface area contributed by atoms with Gasteiger partial charge in [-0.1, -0.05) is 13.0 Å². The van der Waals surface area contributed by atoms with Crippen LogP contribution in [0.15, 0.2) is 6.07 Å². The fourth-order valence-corrected chi connectivity index (χ4v) is 3.18. The number of aryl methyl sites for hydroxylation is 1. The molecular weight excluding hydrogens is 296 g/mol. The Bertz CT molecular complexity index is 692. The molecule has 0 radical (unpaired) electrons. The predicted octanol–water partition coefficient (Wildman–Crippen LogP) is 1.53. The summed E-state index contributed by atoms with van der Waals surface area (Å²) in [6, 6.07) is 1.76. The number of fused-ring (bicyclic) bond motifs is 1. The Morgan fingerprint density at radius 1 is 1.33 bits per heavy atom. The van der Waals surface area contributed by atoms with Gasteiger partial charge in [0, 0.05) is 11.5 Å². The monoisotopic (exact) mass is 314 g/mol. The van der Waals surface area contributed by atoms with E-state index in [1.54, 1.807) is 19.9 Å². The van der Waals surface area contributed by atoms with Gasteiger partial charge in [0.25, 0.3) is 0 Å². The molecule has 0 saturated carbocycles. The first kappa shape index (κ1) is 16.1. The van der Waals surface area contributed by atoms with Gasteiger partial charge < -0.3 is 5.11 Å². The fourth-order valence-electron chi connectivity index (χ4n) is 2.89. The molecule has 0 heterocycles. The summed E-state index contributed by atoms with van der Waals surface area (Å²) in [5, 5.41) is 10.1. The highest BCUT2D eigenvalue weighted by molar-refractivity contribution is 7.80. The van der Waals surface area contributed by atoms with Crippen molar-refractivity contribution in [2.24, 2.45) is 5.92 Å². The Hall–Kier alpha value is -1.28. The van der Waals surface area contributed by atoms with Gasteiger partial charge in [-0.25, -0.2) is 4.18 Å². The summed E-state index contributed by atoms with van der Waals surface area (Å²) in [5.41, 5.74) is 3.53. The van der Waals surface area contributed by atoms with Gasteiger partial charge >= 0.3 is 10.4 Å². The predicted molar refractivity (Wildman–Crippen MR) is 75.6 cm³/mol. The SMILES string of the molecule is Cc1cc2c(c(C)c1CCOS(=O)(=O)O)C(=O)[C@H](C)[C@@H]2O. The summed E-state index contributed by atoms with van der Waals surface area (Å²) in [5.74, 6) is -0.575. The largest absolute Gasteiger partial charge is 0.397 e. The summed E-state index contributed by atoms with van der Waals surface area (Å²) >= 11 is 0. The Morgan fingerprint density at radius 3 is 2.52 bits per heavy atom. The van der Waals surface area contributed by atoms with Crippen LogP contribution in [0.1, 0.15) is 45.6 Å². The molecule has 1 aromatic carbocycles. The van der Waals surface area contributed by atoms with Crippen molar-refractivity contribution in [3.8, 4) is 0 Å². The minimum absolute atomic E-state index is 0.105. The van der Waals surface area contributed by atoms with E-state index in [4.69, 9.17) is 4.55 Å². The van der Waals surface area contributed by atoms with Crippen molar-refractivity contribution in [2.45, 2.75) is 33.3 Å². The Labute approximate surface area is 123 Å². The van der Waals surface area contributed by atoms with Crippen molar-refractivity contribution in [3.63, 3.8) is 0 Å². The van der Waals surface area contributed by atoms with Crippen LogP contribution in [0, 0.1) is 19.8 Å². The summed E-state index contributed by atoms with van der Waals surface area (Å²) in [7, 11) is -4.47. The van der Waals surface area contributed by atoms with Gasteiger partial charge in [0.2, 0.25) is 0 Å². The molecule has 0 amide bonds. The van der Waals surface area contributed by atoms with Crippen molar-refractivity contribution in [3.05, 3.63) is 33.9 Å². The number of ketones is 1. The van der Waals surface area contributed by atoms with Gasteiger partial charge in [0.15, 0.2) is 5.78 Å². The van der Waals surface area contributed by atoms with Gasteiger partial charge in [0.05, 0.1) is 12.7 Å². The number of hydrogen-bond donors (Lipinski definition) is 2. The van der Waals surface area contributed by atoms with E-state index in [0.717, 1.165) is 16.7 Å². The number of aliphatic hydroxyl groups excluding tert-OH is 1. The number of carbonyl (C=O) groups is 1. The minimum atomic E-state index is -4.47. The zero-order chi connectivity index (χ0) is 15.9. The molecule has 0 bridgehead atoms. The Kier molecular flexibility index (Phi) is 4.21. The first-order valence-electron chi connectivity index (χ1n) is 6.60. The highest BCUT2D eigenvalue weighted by Crippen LogP contribution is 2.39. The van der Waals surface area contributed by atoms with Crippen LogP contribution in [0.2, 0.25) is 0 Å². The number of Topliss-reactive ketones (excluding diaryl/α,β-unsaturated/α-hetero) is 1. The van der Waals surface area contributed by atoms with E-state index in [1.165, 1.54) is 0 Å². The molecule has 116 valence electrons. The van der Waals surface area contributed by atoms with Gasteiger partial charge in [-0.2, -0.15) is 8.42 Å². The molecule has 7 heteroatoms. The first-order valence-corrected chi connectivity index (χ1v) is 7.97. The highest BCUT2D eigenvalue weighted by atomic mass is 32.3. The second-order valence-corrected chi connectivity index (χ2v) is 6.45. The summed E-state index contributed by atoms with van der Waals surface area (Å²) in [4.78, 5) is 12.2. The molecule has 2 N–H and O–H groups in total. The average Bonchev–Trinajstić information content (AvgIpc) is 2.57. The summed E-state index contributed by atoms with van der Waals surface area (Å²) in [6.07, 6.45) is -0.546. The van der Waals surface area contributed by atoms with Crippen LogP contribution in [0.4, 0.5) is 0 Å². The zero-order valence-corrected chi connectivity index (χ0v) is 12.9. The number of rotatable bonds is 4. The molecular formula is C14H18O6S. The van der Waals surface area contributed by atoms with Crippen molar-refractivity contribution in [1.29, 1.82) is 0 Å². The van der Waals surface area contributed by atoms with Crippen LogP contribution >= 0.6 is 0 Å². The van der Waals surface area contributed by atoms with E-state index in [1.807, 2.05) is 6.92 Å². The Morgan fingerprint density at radius 2 is 1.95 bits per heavy atom. The maximum absolute atomic E-state index is 12.2. The number of aliphatic hydroxyl groups is 1. The van der Waals surface area contributed by atoms with E-state index in [2.05, 4.69) is 4.18 Å². The minimum Gasteiger partial charge on any atom is -0.388 e. The zero-order valence-electron chi connectivity index (χ0n) is 12.1. The molecule has 6 nitrogen and oxygen atoms in total. The summed E-state index contributed by atoms with van der Waals surface area (Å²) in [6.45, 7) is 5.09. The van der Waals surface area contributed by atoms with Crippen LogP contribution in [-0.4, -0.2) is 30.5 Å². The van der Waals surface area contributed by atoms with Crippen LogP contribution in [-0.2, 0) is 21.0 Å². The lowest BCUT2D eigenvalue weighted by Gasteiger charge is -2.14. The van der Waals surface area contributed by atoms with Crippen LogP contribution in [0.5, 0.6) is 0 Å². The second kappa shape index (κ2) is 5.49. The smallest absolute Gasteiger partial charge is 0.388 e. The first-order chi connectivity index (χ1) is 9.63. The topological polar surface area (TPSA) is 101 Å². The van der Waals surface area contributed by atoms with E-state index < -0.39 is 22.4 Å². The molecule has 1 aliphatic carbocycles. The molecule has 0 unspecified atom stereocenters. The van der Waals surface area contributed by atoms with Crippen LogP contribution in [0.25, 0.3) is 0 Å². The Balaban J connectivity index is 2.36. The number of carbonyl (C=O) groups excluding carboxylic acids is 1. The molecule has 0 aromatic heterocycles. The van der Waals surface area contributed by atoms with Crippen LogP contribution < -0.4 is 0 Å². The molecule has 0 saturated heterocycles. The molecule has 2 rings (SSSR count). The maximum atomic E-state index is 12.2. The normalized spacial score (nSPS) is 21.7. The van der Waals surface area contributed by atoms with Crippen molar-refractivity contribution in [2.75, 3.05) is 6.61 Å². The lowest BCUT2D eigenvalue weighted by Crippen LogP contribution is -2.11. The third-order valence-corrected chi connectivity index (χ3v) is 4.47. The van der Waals surface area contributed by atoms with Gasteiger partial charge in [-0.3, -0.25) is 9.35 Å². The third-order valence-electron chi connectivity index (χ3n) is 4.00. The number of benzene rings is 1. The second-order valence-electron chi connectivity index (χ2n) is 5.36. The molecule has 21 heavy (non-hydrogen) atoms. The lowest BCUT2D eigenvalue weighted by molar-refractivity contribution is 0.0790. The van der Waals surface area contributed by atoms with Crippen LogP contribution in [0.3, 0.4) is 0 Å². The van der Waals surface area contributed by atoms with Gasteiger partial charge in [-0.05, 0) is 42.5 Å². The molecule has 1 aromatic rings. The lowest BCUT2D eigenvalue weighted by atomic mass is 9.92. The highest BCUT2D eigenvalue weighted by Gasteiger charge is 2.37. The maximum Gasteiger partial charge on any atom is 0.397 e.